The topological polar surface area (TPSA) is 88.5 Å². The first-order valence-corrected chi connectivity index (χ1v) is 5.01. The molecule has 0 saturated heterocycles. The van der Waals surface area contributed by atoms with E-state index in [0.717, 1.165) is 0 Å². The Morgan fingerprint density at radius 1 is 1.29 bits per heavy atom. The fourth-order valence-electron chi connectivity index (χ4n) is 1.46. The highest BCUT2D eigenvalue weighted by Crippen LogP contribution is 2.24. The van der Waals surface area contributed by atoms with Crippen molar-refractivity contribution in [2.75, 3.05) is 5.01 Å². The maximum atomic E-state index is 11.4. The fourth-order valence-corrected chi connectivity index (χ4v) is 1.46. The van der Waals surface area contributed by atoms with E-state index in [9.17, 15) is 10.4 Å². The van der Waals surface area contributed by atoms with Crippen molar-refractivity contribution in [2.45, 2.75) is 26.3 Å². The van der Waals surface area contributed by atoms with E-state index in [-0.39, 0.29) is 4.97 Å². The van der Waals surface area contributed by atoms with Crippen molar-refractivity contribution in [3.8, 4) is 6.07 Å². The van der Waals surface area contributed by atoms with Gasteiger partial charge in [0, 0.05) is 4.97 Å². The van der Waals surface area contributed by atoms with Gasteiger partial charge in [-0.15, -0.1) is 5.01 Å². The lowest BCUT2D eigenvalue weighted by atomic mass is 10.1. The van der Waals surface area contributed by atoms with Crippen molar-refractivity contribution in [3.63, 3.8) is 0 Å². The molecule has 1 rings (SSSR count). The first-order chi connectivity index (χ1) is 7.90. The number of hydrogen-bond donors (Lipinski definition) is 0. The molecule has 0 unspecified atom stereocenters. The van der Waals surface area contributed by atoms with Gasteiger partial charge in [0.2, 0.25) is 0 Å². The van der Waals surface area contributed by atoms with Crippen molar-refractivity contribution < 1.29 is 4.97 Å². The fraction of sp³-hybridized carbons (Fsp3) is 0.364. The summed E-state index contributed by atoms with van der Waals surface area (Å²) >= 11 is 0. The van der Waals surface area contributed by atoms with E-state index in [0.29, 0.717) is 11.3 Å². The molecule has 0 N–H and O–H groups in total. The molecule has 0 aliphatic rings. The van der Waals surface area contributed by atoms with Crippen LogP contribution in [0.2, 0.25) is 0 Å². The van der Waals surface area contributed by atoms with Gasteiger partial charge in [0.1, 0.15) is 5.69 Å². The Morgan fingerprint density at radius 3 is 2.18 bits per heavy atom. The van der Waals surface area contributed by atoms with E-state index < -0.39 is 5.54 Å². The lowest BCUT2D eigenvalue weighted by molar-refractivity contribution is -0.549. The van der Waals surface area contributed by atoms with Crippen LogP contribution in [-0.2, 0) is 0 Å². The Kier molecular flexibility index (Phi) is 3.53. The molecular formula is C11H13N4O2-. The van der Waals surface area contributed by atoms with Crippen molar-refractivity contribution in [3.05, 3.63) is 40.2 Å². The van der Waals surface area contributed by atoms with Crippen LogP contribution in [0.1, 0.15) is 26.3 Å². The molecule has 0 spiro atoms. The molecule has 0 aromatic heterocycles. The quantitative estimate of drug-likeness (QED) is 0.446. The van der Waals surface area contributed by atoms with E-state index in [1.54, 1.807) is 45.0 Å². The van der Waals surface area contributed by atoms with Crippen molar-refractivity contribution >= 4 is 5.69 Å². The minimum absolute atomic E-state index is 0.00137. The Balaban J connectivity index is 3.19. The highest BCUT2D eigenvalue weighted by molar-refractivity contribution is 5.48. The normalized spacial score (nSPS) is 12.0. The van der Waals surface area contributed by atoms with Gasteiger partial charge in [0.25, 0.3) is 0 Å². The second-order valence-corrected chi connectivity index (χ2v) is 4.48. The summed E-state index contributed by atoms with van der Waals surface area (Å²) in [4.78, 5) is 0.00137. The van der Waals surface area contributed by atoms with Gasteiger partial charge in [-0.2, -0.15) is 5.26 Å². The monoisotopic (exact) mass is 233 g/mol. The Bertz CT molecular complexity index is 454. The van der Waals surface area contributed by atoms with Gasteiger partial charge in [-0.25, -0.2) is 0 Å². The molecule has 90 valence electrons. The number of nitriles is 1. The molecule has 0 atom stereocenters. The van der Waals surface area contributed by atoms with Crippen LogP contribution >= 0.6 is 0 Å². The predicted molar refractivity (Wildman–Crippen MR) is 62.8 cm³/mol. The summed E-state index contributed by atoms with van der Waals surface area (Å²) in [7, 11) is 0. The van der Waals surface area contributed by atoms with Crippen LogP contribution in [0.25, 0.3) is 0 Å². The number of anilines is 1. The van der Waals surface area contributed by atoms with Gasteiger partial charge in [-0.1, -0.05) is 0 Å². The van der Waals surface area contributed by atoms with Gasteiger partial charge in [-0.3, -0.25) is 0 Å². The van der Waals surface area contributed by atoms with Gasteiger partial charge in [0.05, 0.1) is 17.2 Å². The summed E-state index contributed by atoms with van der Waals surface area (Å²) in [5, 5.41) is 34.0. The van der Waals surface area contributed by atoms with E-state index in [1.165, 1.54) is 5.01 Å². The van der Waals surface area contributed by atoms with E-state index in [1.807, 2.05) is 6.07 Å². The van der Waals surface area contributed by atoms with Gasteiger partial charge < -0.3 is 10.4 Å². The van der Waals surface area contributed by atoms with Crippen LogP contribution in [0, 0.1) is 21.7 Å². The number of hydrogen-bond acceptors (Lipinski definition) is 4. The van der Waals surface area contributed by atoms with Crippen LogP contribution in [0.5, 0.6) is 0 Å². The van der Waals surface area contributed by atoms with Crippen LogP contribution in [0.15, 0.2) is 29.5 Å². The second-order valence-electron chi connectivity index (χ2n) is 4.48. The molecular weight excluding hydrogens is 220 g/mol. The average molecular weight is 233 g/mol. The first kappa shape index (κ1) is 12.8. The van der Waals surface area contributed by atoms with Gasteiger partial charge in [-0.05, 0) is 50.3 Å². The summed E-state index contributed by atoms with van der Waals surface area (Å²) in [6.07, 6.45) is 0. The molecule has 0 saturated carbocycles. The van der Waals surface area contributed by atoms with Crippen LogP contribution in [0.4, 0.5) is 5.69 Å². The maximum Gasteiger partial charge on any atom is 0.104 e. The van der Waals surface area contributed by atoms with Crippen molar-refractivity contribution in [1.82, 2.24) is 0 Å². The van der Waals surface area contributed by atoms with E-state index in [4.69, 9.17) is 5.26 Å². The third-order valence-electron chi connectivity index (χ3n) is 2.12. The lowest BCUT2D eigenvalue weighted by Crippen LogP contribution is -2.45. The molecule has 17 heavy (non-hydrogen) atoms. The van der Waals surface area contributed by atoms with Gasteiger partial charge >= 0.3 is 0 Å². The summed E-state index contributed by atoms with van der Waals surface area (Å²) in [5.41, 5.74) is 0.398. The third-order valence-corrected chi connectivity index (χ3v) is 2.12. The summed E-state index contributed by atoms with van der Waals surface area (Å²) < 4.78 is 0. The molecule has 1 aromatic carbocycles. The zero-order valence-corrected chi connectivity index (χ0v) is 9.91. The molecule has 0 aliphatic carbocycles. The molecule has 0 fully saturated rings. The summed E-state index contributed by atoms with van der Waals surface area (Å²) in [6, 6.07) is 8.33. The number of hydrazine groups is 1. The third kappa shape index (κ3) is 2.84. The number of rotatable bonds is 2. The molecule has 0 heterocycles. The SMILES string of the molecule is CC(C)(C)N(c1ccc(C#N)cc1)/[N+]([O-])=N/[O-]. The summed E-state index contributed by atoms with van der Waals surface area (Å²) in [5.74, 6) is 0. The van der Waals surface area contributed by atoms with Crippen LogP contribution in [-0.4, -0.2) is 10.5 Å². The second kappa shape index (κ2) is 4.70. The first-order valence-electron chi connectivity index (χ1n) is 5.01. The lowest BCUT2D eigenvalue weighted by Gasteiger charge is -2.31. The molecule has 6 heteroatoms. The number of nitrogens with zero attached hydrogens (tertiary/aromatic N) is 4. The van der Waals surface area contributed by atoms with E-state index >= 15 is 0 Å². The van der Waals surface area contributed by atoms with Crippen LogP contribution < -0.4 is 5.01 Å². The summed E-state index contributed by atoms with van der Waals surface area (Å²) in [6.45, 7) is 5.34. The average Bonchev–Trinajstić information content (AvgIpc) is 2.28. The minimum Gasteiger partial charge on any atom is -0.737 e. The standard InChI is InChI=1S/C11H14N4O2/c1-11(2,3)14(15(17)13-16)10-6-4-9(8-12)5-7-10/h4-7,16H,1-3H3/p-1/b15-13-. The highest BCUT2D eigenvalue weighted by atomic mass is 16.6. The van der Waals surface area contributed by atoms with Crippen molar-refractivity contribution in [1.29, 1.82) is 5.26 Å². The van der Waals surface area contributed by atoms with Crippen LogP contribution in [0.3, 0.4) is 0 Å². The molecule has 1 aromatic rings. The largest absolute Gasteiger partial charge is 0.737 e. The Labute approximate surface area is 99.5 Å². The minimum atomic E-state index is -0.593. The Hall–Kier alpha value is -2.29. The predicted octanol–water partition coefficient (Wildman–Crippen LogP) is 2.54. The highest BCUT2D eigenvalue weighted by Gasteiger charge is 2.29. The smallest absolute Gasteiger partial charge is 0.104 e. The molecule has 0 bridgehead atoms. The number of benzene rings is 1. The molecule has 0 radical (unpaired) electrons. The maximum absolute atomic E-state index is 11.4. The zero-order chi connectivity index (χ0) is 13.1. The van der Waals surface area contributed by atoms with Gasteiger partial charge in [0.15, 0.2) is 0 Å². The molecule has 0 amide bonds. The van der Waals surface area contributed by atoms with Crippen molar-refractivity contribution in [2.24, 2.45) is 5.28 Å². The molecule has 6 nitrogen and oxygen atoms in total. The Morgan fingerprint density at radius 2 is 1.82 bits per heavy atom. The zero-order valence-electron chi connectivity index (χ0n) is 9.91. The van der Waals surface area contributed by atoms with E-state index in [2.05, 4.69) is 5.28 Å². The molecule has 0 aliphatic heterocycles.